The van der Waals surface area contributed by atoms with E-state index in [-0.39, 0.29) is 5.97 Å². The van der Waals surface area contributed by atoms with E-state index >= 15 is 0 Å². The van der Waals surface area contributed by atoms with E-state index in [4.69, 9.17) is 15.9 Å². The first-order chi connectivity index (χ1) is 10.3. The normalized spacial score (nSPS) is 26.4. The van der Waals surface area contributed by atoms with Crippen LogP contribution in [0.25, 0.3) is 0 Å². The van der Waals surface area contributed by atoms with E-state index in [1.807, 2.05) is 0 Å². The Morgan fingerprint density at radius 3 is 3.05 bits per heavy atom. The number of likely N-dealkylation sites (tertiary alicyclic amines) is 1. The van der Waals surface area contributed by atoms with Crippen molar-refractivity contribution in [2.45, 2.75) is 44.2 Å². The summed E-state index contributed by atoms with van der Waals surface area (Å²) in [4.78, 5) is 14.0. The highest BCUT2D eigenvalue weighted by molar-refractivity contribution is 7.99. The second-order valence-corrected chi connectivity index (χ2v) is 6.69. The molecular formula is C16H25NO3S. The lowest BCUT2D eigenvalue weighted by atomic mass is 10.1. The van der Waals surface area contributed by atoms with Gasteiger partial charge in [0.05, 0.1) is 18.4 Å². The molecule has 0 aromatic carbocycles. The van der Waals surface area contributed by atoms with Crippen LogP contribution in [0.1, 0.15) is 32.1 Å². The molecule has 0 spiro atoms. The monoisotopic (exact) mass is 311 g/mol. The molecule has 4 nitrogen and oxygen atoms in total. The zero-order chi connectivity index (χ0) is 14.9. The number of carbonyl (C=O) groups excluding carboxylic acids is 1. The molecule has 0 unspecified atom stereocenters. The first-order valence-electron chi connectivity index (χ1n) is 7.82. The van der Waals surface area contributed by atoms with Crippen molar-refractivity contribution in [3.63, 3.8) is 0 Å². The zero-order valence-electron chi connectivity index (χ0n) is 12.6. The van der Waals surface area contributed by atoms with E-state index in [1.165, 1.54) is 12.8 Å². The molecule has 0 radical (unpaired) electrons. The molecule has 0 N–H and O–H groups in total. The van der Waals surface area contributed by atoms with Gasteiger partial charge in [-0.25, -0.2) is 0 Å². The lowest BCUT2D eigenvalue weighted by Crippen LogP contribution is -2.34. The van der Waals surface area contributed by atoms with Crippen molar-refractivity contribution < 1.29 is 14.3 Å². The summed E-state index contributed by atoms with van der Waals surface area (Å²) in [6.45, 7) is 3.00. The number of hydrogen-bond donors (Lipinski definition) is 0. The Balaban J connectivity index is 1.56. The third-order valence-electron chi connectivity index (χ3n) is 4.03. The minimum Gasteiger partial charge on any atom is -0.463 e. The maximum Gasteiger partial charge on any atom is 0.315 e. The lowest BCUT2D eigenvalue weighted by molar-refractivity contribution is -0.141. The van der Waals surface area contributed by atoms with Crippen LogP contribution in [-0.2, 0) is 14.3 Å². The maximum absolute atomic E-state index is 11.8. The molecule has 2 heterocycles. The summed E-state index contributed by atoms with van der Waals surface area (Å²) in [6, 6.07) is 0.302. The van der Waals surface area contributed by atoms with Crippen molar-refractivity contribution in [1.82, 2.24) is 4.90 Å². The Morgan fingerprint density at radius 2 is 2.29 bits per heavy atom. The number of terminal acetylenes is 1. The average Bonchev–Trinajstić information content (AvgIpc) is 2.94. The Bertz CT molecular complexity index is 363. The largest absolute Gasteiger partial charge is 0.463 e. The quantitative estimate of drug-likeness (QED) is 0.531. The predicted molar refractivity (Wildman–Crippen MR) is 85.3 cm³/mol. The van der Waals surface area contributed by atoms with Crippen LogP contribution in [0.2, 0.25) is 0 Å². The first-order valence-corrected chi connectivity index (χ1v) is 8.97. The van der Waals surface area contributed by atoms with Gasteiger partial charge in [-0.3, -0.25) is 9.69 Å². The van der Waals surface area contributed by atoms with Crippen molar-refractivity contribution in [2.75, 3.05) is 37.8 Å². The summed E-state index contributed by atoms with van der Waals surface area (Å²) in [5, 5.41) is 0. The summed E-state index contributed by atoms with van der Waals surface area (Å²) < 4.78 is 11.0. The number of ether oxygens (including phenoxy) is 2. The van der Waals surface area contributed by atoms with Gasteiger partial charge in [0.1, 0.15) is 6.61 Å². The molecule has 21 heavy (non-hydrogen) atoms. The van der Waals surface area contributed by atoms with Gasteiger partial charge in [-0.2, -0.15) is 0 Å². The van der Waals surface area contributed by atoms with Crippen LogP contribution in [0.5, 0.6) is 0 Å². The summed E-state index contributed by atoms with van der Waals surface area (Å²) >= 11 is 1.62. The Kier molecular flexibility index (Phi) is 7.42. The molecule has 0 aliphatic carbocycles. The standard InChI is InChI=1S/C16H25NO3S/c1-2-8-17-9-5-6-14(17)11-20-16(18)13-21-12-15-7-3-4-10-19-15/h1,14-15H,3-13H2/t14-,15+/m1/s1. The summed E-state index contributed by atoms with van der Waals surface area (Å²) in [5.74, 6) is 3.85. The van der Waals surface area contributed by atoms with Crippen LogP contribution in [0, 0.1) is 12.3 Å². The number of esters is 1. The SMILES string of the molecule is C#CCN1CCC[C@@H]1COC(=O)CSC[C@@H]1CCCCO1. The van der Waals surface area contributed by atoms with Gasteiger partial charge in [0.15, 0.2) is 0 Å². The van der Waals surface area contributed by atoms with Gasteiger partial charge < -0.3 is 9.47 Å². The van der Waals surface area contributed by atoms with Gasteiger partial charge in [-0.15, -0.1) is 18.2 Å². The highest BCUT2D eigenvalue weighted by Crippen LogP contribution is 2.18. The molecule has 2 aliphatic rings. The number of nitrogens with zero attached hydrogens (tertiary/aromatic N) is 1. The molecule has 0 aromatic rings. The molecule has 0 amide bonds. The van der Waals surface area contributed by atoms with Crippen LogP contribution >= 0.6 is 11.8 Å². The zero-order valence-corrected chi connectivity index (χ0v) is 13.4. The van der Waals surface area contributed by atoms with Crippen molar-refractivity contribution >= 4 is 17.7 Å². The molecule has 2 rings (SSSR count). The van der Waals surface area contributed by atoms with Crippen molar-refractivity contribution in [3.05, 3.63) is 0 Å². The molecule has 2 atom stereocenters. The Labute approximate surface area is 131 Å². The molecule has 0 aromatic heterocycles. The van der Waals surface area contributed by atoms with Crippen LogP contribution in [-0.4, -0.2) is 60.8 Å². The third kappa shape index (κ3) is 5.90. The van der Waals surface area contributed by atoms with Gasteiger partial charge in [-0.1, -0.05) is 5.92 Å². The predicted octanol–water partition coefficient (Wildman–Crippen LogP) is 1.93. The summed E-state index contributed by atoms with van der Waals surface area (Å²) in [6.07, 6.45) is 11.4. The molecule has 5 heteroatoms. The Morgan fingerprint density at radius 1 is 1.38 bits per heavy atom. The van der Waals surface area contributed by atoms with Gasteiger partial charge in [-0.05, 0) is 38.6 Å². The number of thioether (sulfide) groups is 1. The number of rotatable bonds is 7. The van der Waals surface area contributed by atoms with Crippen LogP contribution < -0.4 is 0 Å². The minimum atomic E-state index is -0.122. The smallest absolute Gasteiger partial charge is 0.315 e. The molecule has 2 fully saturated rings. The second kappa shape index (κ2) is 9.34. The summed E-state index contributed by atoms with van der Waals surface area (Å²) in [5.41, 5.74) is 0. The van der Waals surface area contributed by atoms with Crippen LogP contribution in [0.3, 0.4) is 0 Å². The highest BCUT2D eigenvalue weighted by Gasteiger charge is 2.25. The number of carbonyl (C=O) groups is 1. The molecule has 118 valence electrons. The molecule has 0 bridgehead atoms. The fraction of sp³-hybridized carbons (Fsp3) is 0.812. The lowest BCUT2D eigenvalue weighted by Gasteiger charge is -2.22. The van der Waals surface area contributed by atoms with E-state index in [2.05, 4.69) is 10.8 Å². The third-order valence-corrected chi connectivity index (χ3v) is 5.08. The molecule has 2 saturated heterocycles. The fourth-order valence-electron chi connectivity index (χ4n) is 2.85. The molecule has 0 saturated carbocycles. The van der Waals surface area contributed by atoms with Gasteiger partial charge >= 0.3 is 5.97 Å². The van der Waals surface area contributed by atoms with Crippen molar-refractivity contribution in [2.24, 2.45) is 0 Å². The number of hydrogen-bond acceptors (Lipinski definition) is 5. The van der Waals surface area contributed by atoms with Crippen molar-refractivity contribution in [1.29, 1.82) is 0 Å². The van der Waals surface area contributed by atoms with Gasteiger partial charge in [0, 0.05) is 18.4 Å². The minimum absolute atomic E-state index is 0.122. The topological polar surface area (TPSA) is 38.8 Å². The van der Waals surface area contributed by atoms with E-state index in [1.54, 1.807) is 11.8 Å². The summed E-state index contributed by atoms with van der Waals surface area (Å²) in [7, 11) is 0. The van der Waals surface area contributed by atoms with Gasteiger partial charge in [0.2, 0.25) is 0 Å². The molecule has 2 aliphatic heterocycles. The Hall–Kier alpha value is -0.700. The highest BCUT2D eigenvalue weighted by atomic mass is 32.2. The van der Waals surface area contributed by atoms with E-state index in [0.29, 0.717) is 31.1 Å². The average molecular weight is 311 g/mol. The van der Waals surface area contributed by atoms with Crippen LogP contribution in [0.15, 0.2) is 0 Å². The molecular weight excluding hydrogens is 286 g/mol. The van der Waals surface area contributed by atoms with Gasteiger partial charge in [0.25, 0.3) is 0 Å². The van der Waals surface area contributed by atoms with E-state index < -0.39 is 0 Å². The van der Waals surface area contributed by atoms with Crippen molar-refractivity contribution in [3.8, 4) is 12.3 Å². The second-order valence-electron chi connectivity index (χ2n) is 5.66. The van der Waals surface area contributed by atoms with Crippen LogP contribution in [0.4, 0.5) is 0 Å². The maximum atomic E-state index is 11.8. The van der Waals surface area contributed by atoms with E-state index in [0.717, 1.165) is 38.2 Å². The fourth-order valence-corrected chi connectivity index (χ4v) is 3.75. The van der Waals surface area contributed by atoms with E-state index in [9.17, 15) is 4.79 Å². The first kappa shape index (κ1) is 16.7.